The number of alkyl halides is 1. The first-order chi connectivity index (χ1) is 13.3. The molecule has 0 saturated heterocycles. The lowest BCUT2D eigenvalue weighted by Gasteiger charge is -2.12. The summed E-state index contributed by atoms with van der Waals surface area (Å²) in [5, 5.41) is 0.309. The van der Waals surface area contributed by atoms with Crippen LogP contribution < -0.4 is 9.47 Å². The van der Waals surface area contributed by atoms with Gasteiger partial charge in [-0.1, -0.05) is 29.8 Å². The summed E-state index contributed by atoms with van der Waals surface area (Å²) in [6, 6.07) is 3.18. The summed E-state index contributed by atoms with van der Waals surface area (Å²) in [7, 11) is 2.73. The highest BCUT2D eigenvalue weighted by Crippen LogP contribution is 2.40. The van der Waals surface area contributed by atoms with Crippen molar-refractivity contribution < 1.29 is 28.2 Å². The maximum atomic E-state index is 15.0. The summed E-state index contributed by atoms with van der Waals surface area (Å²) in [5.74, 6) is -1.44. The fraction of sp³-hybridized carbons (Fsp3) is 0.500. The highest BCUT2D eigenvalue weighted by molar-refractivity contribution is 9.09. The van der Waals surface area contributed by atoms with E-state index >= 15 is 4.39 Å². The molecule has 0 fully saturated rings. The number of hydrogen-bond acceptors (Lipinski definition) is 6. The summed E-state index contributed by atoms with van der Waals surface area (Å²) >= 11 is 4.64. The predicted octanol–water partition coefficient (Wildman–Crippen LogP) is 5.37. The maximum Gasteiger partial charge on any atom is 0.308 e. The molecule has 154 valence electrons. The molecule has 1 unspecified atom stereocenters. The van der Waals surface area contributed by atoms with E-state index in [0.29, 0.717) is 32.1 Å². The van der Waals surface area contributed by atoms with Gasteiger partial charge in [0.1, 0.15) is 0 Å². The van der Waals surface area contributed by atoms with E-state index in [0.717, 1.165) is 12.8 Å². The number of carbonyl (C=O) groups is 2. The van der Waals surface area contributed by atoms with Gasteiger partial charge >= 0.3 is 5.97 Å². The minimum Gasteiger partial charge on any atom is -0.493 e. The smallest absolute Gasteiger partial charge is 0.308 e. The van der Waals surface area contributed by atoms with Gasteiger partial charge in [0.2, 0.25) is 0 Å². The Balaban J connectivity index is 2.26. The Bertz CT molecular complexity index is 849. The second kappa shape index (κ2) is 10.2. The van der Waals surface area contributed by atoms with Crippen LogP contribution in [-0.4, -0.2) is 37.4 Å². The SMILES string of the molecule is COC(=O)[C@@H](C)CC(=O)c1cc2c(F)c(OCCCC(C)Br)c(OC)cc2s1. The second-order valence-corrected chi connectivity index (χ2v) is 9.21. The van der Waals surface area contributed by atoms with Gasteiger partial charge in [0.05, 0.1) is 31.6 Å². The molecule has 0 saturated carbocycles. The first-order valence-electron chi connectivity index (χ1n) is 8.96. The number of halogens is 2. The van der Waals surface area contributed by atoms with E-state index in [4.69, 9.17) is 9.47 Å². The van der Waals surface area contributed by atoms with Crippen LogP contribution in [0.2, 0.25) is 0 Å². The minimum absolute atomic E-state index is 0.00628. The average Bonchev–Trinajstić information content (AvgIpc) is 3.09. The van der Waals surface area contributed by atoms with Crippen LogP contribution in [0.4, 0.5) is 4.39 Å². The third-order valence-electron chi connectivity index (χ3n) is 4.27. The van der Waals surface area contributed by atoms with Crippen molar-refractivity contribution in [3.63, 3.8) is 0 Å². The monoisotopic (exact) mass is 474 g/mol. The maximum absolute atomic E-state index is 15.0. The lowest BCUT2D eigenvalue weighted by Crippen LogP contribution is -2.16. The standard InChI is InChI=1S/C20H24BrFO5S/c1-11(20(24)26-4)8-14(23)17-9-13-16(28-17)10-15(25-3)19(18(13)22)27-7-5-6-12(2)21/h9-12H,5-8H2,1-4H3/t11-,12?/m0/s1. The summed E-state index contributed by atoms with van der Waals surface area (Å²) in [6.45, 7) is 4.03. The van der Waals surface area contributed by atoms with Crippen molar-refractivity contribution in [2.45, 2.75) is 37.9 Å². The highest BCUT2D eigenvalue weighted by Gasteiger charge is 2.23. The van der Waals surface area contributed by atoms with Crippen LogP contribution in [0.15, 0.2) is 12.1 Å². The van der Waals surface area contributed by atoms with Gasteiger partial charge in [-0.3, -0.25) is 9.59 Å². The molecule has 1 aromatic heterocycles. The van der Waals surface area contributed by atoms with E-state index in [-0.39, 0.29) is 18.0 Å². The van der Waals surface area contributed by atoms with Crippen LogP contribution in [0.1, 0.15) is 42.8 Å². The quantitative estimate of drug-likeness (QED) is 0.200. The van der Waals surface area contributed by atoms with Crippen LogP contribution in [0.25, 0.3) is 10.1 Å². The molecule has 0 bridgehead atoms. The van der Waals surface area contributed by atoms with Crippen molar-refractivity contribution >= 4 is 49.1 Å². The Labute approximate surface area is 176 Å². The van der Waals surface area contributed by atoms with Crippen molar-refractivity contribution in [1.29, 1.82) is 0 Å². The molecule has 1 aromatic carbocycles. The molecule has 0 aliphatic heterocycles. The number of fused-ring (bicyclic) bond motifs is 1. The number of thiophene rings is 1. The molecule has 1 heterocycles. The van der Waals surface area contributed by atoms with Crippen molar-refractivity contribution in [1.82, 2.24) is 0 Å². The number of benzene rings is 1. The molecule has 8 heteroatoms. The molecule has 0 radical (unpaired) electrons. The number of methoxy groups -OCH3 is 2. The van der Waals surface area contributed by atoms with Crippen molar-refractivity contribution in [3.05, 3.63) is 22.8 Å². The molecule has 2 rings (SSSR count). The van der Waals surface area contributed by atoms with Gasteiger partial charge in [0.15, 0.2) is 23.1 Å². The summed E-state index contributed by atoms with van der Waals surface area (Å²) in [6.07, 6.45) is 1.68. The molecule has 0 N–H and O–H groups in total. The lowest BCUT2D eigenvalue weighted by atomic mass is 10.0. The number of rotatable bonds is 10. The van der Waals surface area contributed by atoms with Gasteiger partial charge in [-0.05, 0) is 18.9 Å². The van der Waals surface area contributed by atoms with Gasteiger partial charge in [0.25, 0.3) is 0 Å². The second-order valence-electron chi connectivity index (χ2n) is 6.57. The number of carbonyl (C=O) groups excluding carboxylic acids is 2. The minimum atomic E-state index is -0.558. The first-order valence-corrected chi connectivity index (χ1v) is 10.7. The van der Waals surface area contributed by atoms with E-state index in [2.05, 4.69) is 20.7 Å². The normalized spacial score (nSPS) is 13.2. The number of hydrogen-bond donors (Lipinski definition) is 0. The molecule has 2 atom stereocenters. The van der Waals surface area contributed by atoms with Gasteiger partial charge in [-0.15, -0.1) is 11.3 Å². The zero-order valence-electron chi connectivity index (χ0n) is 16.3. The summed E-state index contributed by atoms with van der Waals surface area (Å²) in [5.41, 5.74) is 0. The van der Waals surface area contributed by atoms with E-state index in [1.807, 2.05) is 6.92 Å². The molecule has 5 nitrogen and oxygen atoms in total. The zero-order valence-corrected chi connectivity index (χ0v) is 18.7. The topological polar surface area (TPSA) is 61.8 Å². The molecule has 0 aliphatic carbocycles. The highest BCUT2D eigenvalue weighted by atomic mass is 79.9. The van der Waals surface area contributed by atoms with Crippen LogP contribution in [0.3, 0.4) is 0 Å². The van der Waals surface area contributed by atoms with E-state index in [9.17, 15) is 9.59 Å². The summed E-state index contributed by atoms with van der Waals surface area (Å²) < 4.78 is 31.2. The van der Waals surface area contributed by atoms with Crippen molar-refractivity contribution in [3.8, 4) is 11.5 Å². The number of esters is 1. The average molecular weight is 475 g/mol. The largest absolute Gasteiger partial charge is 0.493 e. The van der Waals surface area contributed by atoms with Crippen LogP contribution in [0.5, 0.6) is 11.5 Å². The van der Waals surface area contributed by atoms with Crippen LogP contribution >= 0.6 is 27.3 Å². The molecule has 0 spiro atoms. The van der Waals surface area contributed by atoms with Gasteiger partial charge < -0.3 is 14.2 Å². The third kappa shape index (κ3) is 5.44. The van der Waals surface area contributed by atoms with Crippen molar-refractivity contribution in [2.24, 2.45) is 5.92 Å². The fourth-order valence-corrected chi connectivity index (χ4v) is 4.08. The molecular formula is C20H24BrFO5S. The van der Waals surface area contributed by atoms with E-state index < -0.39 is 17.7 Å². The molecule has 0 aliphatic rings. The zero-order chi connectivity index (χ0) is 20.8. The first kappa shape index (κ1) is 22.6. The van der Waals surface area contributed by atoms with Crippen molar-refractivity contribution in [2.75, 3.05) is 20.8 Å². The van der Waals surface area contributed by atoms with Gasteiger partial charge in [0, 0.05) is 27.4 Å². The third-order valence-corrected chi connectivity index (χ3v) is 5.85. The fourth-order valence-electron chi connectivity index (χ4n) is 2.72. The van der Waals surface area contributed by atoms with Gasteiger partial charge in [-0.2, -0.15) is 0 Å². The number of ketones is 1. The number of Topliss-reactive ketones (excluding diaryl/α,β-unsaturated/α-hetero) is 1. The van der Waals surface area contributed by atoms with E-state index in [1.54, 1.807) is 13.0 Å². The van der Waals surface area contributed by atoms with Gasteiger partial charge in [-0.25, -0.2) is 4.39 Å². The summed E-state index contributed by atoms with van der Waals surface area (Å²) in [4.78, 5) is 24.8. The Kier molecular flexibility index (Phi) is 8.24. The Morgan fingerprint density at radius 2 is 1.96 bits per heavy atom. The molecule has 2 aromatic rings. The Morgan fingerprint density at radius 1 is 1.25 bits per heavy atom. The van der Waals surface area contributed by atoms with Crippen LogP contribution in [0, 0.1) is 11.7 Å². The predicted molar refractivity (Wildman–Crippen MR) is 112 cm³/mol. The number of ether oxygens (including phenoxy) is 3. The molecule has 28 heavy (non-hydrogen) atoms. The van der Waals surface area contributed by atoms with Crippen LogP contribution in [-0.2, 0) is 9.53 Å². The lowest BCUT2D eigenvalue weighted by molar-refractivity contribution is -0.144. The molecule has 0 amide bonds. The molecular weight excluding hydrogens is 451 g/mol. The van der Waals surface area contributed by atoms with E-state index in [1.165, 1.54) is 31.6 Å². The Hall–Kier alpha value is -1.67. The Morgan fingerprint density at radius 3 is 2.57 bits per heavy atom.